The molecule has 1 fully saturated rings. The molecule has 1 aliphatic carbocycles. The third-order valence-corrected chi connectivity index (χ3v) is 7.33. The Morgan fingerprint density at radius 2 is 1.42 bits per heavy atom. The first kappa shape index (κ1) is 22.0. The Balaban J connectivity index is 2.01. The van der Waals surface area contributed by atoms with Gasteiger partial charge in [0, 0.05) is 0 Å². The van der Waals surface area contributed by atoms with E-state index in [0.717, 1.165) is 35.5 Å². The molecule has 0 nitrogen and oxygen atoms in total. The summed E-state index contributed by atoms with van der Waals surface area (Å²) in [6.07, 6.45) is 17.5. The van der Waals surface area contributed by atoms with Gasteiger partial charge in [-0.3, -0.25) is 0 Å². The summed E-state index contributed by atoms with van der Waals surface area (Å²) >= 11 is 0. The van der Waals surface area contributed by atoms with Gasteiger partial charge in [0.25, 0.3) is 0 Å². The van der Waals surface area contributed by atoms with Gasteiger partial charge in [0.1, 0.15) is 0 Å². The number of unbranched alkanes of at least 4 members (excludes halogenated alkanes) is 2. The lowest BCUT2D eigenvalue weighted by atomic mass is 9.64. The van der Waals surface area contributed by atoms with Crippen molar-refractivity contribution in [2.75, 3.05) is 0 Å². The van der Waals surface area contributed by atoms with Crippen LogP contribution in [0.4, 0.5) is 0 Å². The third-order valence-electron chi connectivity index (χ3n) is 7.33. The van der Waals surface area contributed by atoms with Crippen LogP contribution in [0.1, 0.15) is 119 Å². The van der Waals surface area contributed by atoms with Crippen LogP contribution < -0.4 is 0 Å². The zero-order valence-corrected chi connectivity index (χ0v) is 17.9. The summed E-state index contributed by atoms with van der Waals surface area (Å²) in [5, 5.41) is 0. The standard InChI is InChI=1S/C24H48/c1-7-9-13-21(5)22(6)24-17-23(18-24)14-11-10-12-20(4)16-15-19(3)8-2/h19-24H,7-18H2,1-6H3. The summed E-state index contributed by atoms with van der Waals surface area (Å²) in [6, 6.07) is 0. The van der Waals surface area contributed by atoms with E-state index in [4.69, 9.17) is 0 Å². The molecule has 0 heteroatoms. The number of rotatable bonds is 14. The van der Waals surface area contributed by atoms with E-state index >= 15 is 0 Å². The maximum atomic E-state index is 2.53. The van der Waals surface area contributed by atoms with Crippen molar-refractivity contribution in [3.63, 3.8) is 0 Å². The summed E-state index contributed by atoms with van der Waals surface area (Å²) in [6.45, 7) is 14.5. The highest BCUT2D eigenvalue weighted by molar-refractivity contribution is 4.84. The van der Waals surface area contributed by atoms with E-state index < -0.39 is 0 Å². The quantitative estimate of drug-likeness (QED) is 0.279. The van der Waals surface area contributed by atoms with Crippen molar-refractivity contribution in [1.29, 1.82) is 0 Å². The van der Waals surface area contributed by atoms with Gasteiger partial charge in [-0.15, -0.1) is 0 Å². The van der Waals surface area contributed by atoms with Gasteiger partial charge < -0.3 is 0 Å². The van der Waals surface area contributed by atoms with Gasteiger partial charge in [0.2, 0.25) is 0 Å². The average molecular weight is 337 g/mol. The van der Waals surface area contributed by atoms with Crippen molar-refractivity contribution in [1.82, 2.24) is 0 Å². The molecule has 0 amide bonds. The van der Waals surface area contributed by atoms with Crippen LogP contribution in [0.5, 0.6) is 0 Å². The minimum atomic E-state index is 0.932. The molecule has 0 aliphatic heterocycles. The van der Waals surface area contributed by atoms with Crippen molar-refractivity contribution >= 4 is 0 Å². The second-order valence-electron chi connectivity index (χ2n) is 9.56. The van der Waals surface area contributed by atoms with Crippen LogP contribution in [0.2, 0.25) is 0 Å². The molecule has 1 aliphatic rings. The average Bonchev–Trinajstić information content (AvgIpc) is 2.54. The summed E-state index contributed by atoms with van der Waals surface area (Å²) in [7, 11) is 0. The molecule has 144 valence electrons. The van der Waals surface area contributed by atoms with E-state index in [1.165, 1.54) is 64.2 Å². The van der Waals surface area contributed by atoms with Crippen molar-refractivity contribution in [2.24, 2.45) is 35.5 Å². The normalized spacial score (nSPS) is 25.8. The lowest BCUT2D eigenvalue weighted by Gasteiger charge is -2.42. The highest BCUT2D eigenvalue weighted by Gasteiger charge is 2.34. The lowest BCUT2D eigenvalue weighted by Crippen LogP contribution is -2.32. The second-order valence-corrected chi connectivity index (χ2v) is 9.56. The molecule has 0 saturated heterocycles. The fraction of sp³-hybridized carbons (Fsp3) is 1.00. The molecule has 1 saturated carbocycles. The van der Waals surface area contributed by atoms with E-state index in [1.54, 1.807) is 12.8 Å². The molecule has 0 spiro atoms. The van der Waals surface area contributed by atoms with E-state index in [2.05, 4.69) is 41.5 Å². The topological polar surface area (TPSA) is 0 Å². The molecule has 0 aromatic rings. The minimum absolute atomic E-state index is 0.932. The first-order valence-electron chi connectivity index (χ1n) is 11.5. The largest absolute Gasteiger partial charge is 0.0654 e. The molecule has 24 heavy (non-hydrogen) atoms. The molecule has 0 aromatic carbocycles. The van der Waals surface area contributed by atoms with Gasteiger partial charge >= 0.3 is 0 Å². The molecule has 0 radical (unpaired) electrons. The Kier molecular flexibility index (Phi) is 11.4. The maximum Gasteiger partial charge on any atom is -0.0381 e. The van der Waals surface area contributed by atoms with Crippen LogP contribution in [-0.2, 0) is 0 Å². The zero-order chi connectivity index (χ0) is 17.9. The number of hydrogen-bond acceptors (Lipinski definition) is 0. The molecule has 4 atom stereocenters. The zero-order valence-electron chi connectivity index (χ0n) is 17.9. The molecular formula is C24H48. The predicted octanol–water partition coefficient (Wildman–Crippen LogP) is 8.50. The summed E-state index contributed by atoms with van der Waals surface area (Å²) in [4.78, 5) is 0. The van der Waals surface area contributed by atoms with Crippen LogP contribution in [0.3, 0.4) is 0 Å². The van der Waals surface area contributed by atoms with Crippen LogP contribution in [0.15, 0.2) is 0 Å². The molecular weight excluding hydrogens is 288 g/mol. The highest BCUT2D eigenvalue weighted by atomic mass is 14.4. The van der Waals surface area contributed by atoms with Gasteiger partial charge in [-0.2, -0.15) is 0 Å². The SMILES string of the molecule is CCCCC(C)C(C)C1CC(CCCCC(C)CCC(C)CC)C1. The summed E-state index contributed by atoms with van der Waals surface area (Å²) < 4.78 is 0. The van der Waals surface area contributed by atoms with Gasteiger partial charge in [0.05, 0.1) is 0 Å². The maximum absolute atomic E-state index is 2.53. The lowest BCUT2D eigenvalue weighted by molar-refractivity contribution is 0.0892. The van der Waals surface area contributed by atoms with Gasteiger partial charge in [0.15, 0.2) is 0 Å². The minimum Gasteiger partial charge on any atom is -0.0654 e. The number of hydrogen-bond donors (Lipinski definition) is 0. The van der Waals surface area contributed by atoms with Crippen molar-refractivity contribution in [3.05, 3.63) is 0 Å². The Bertz CT molecular complexity index is 288. The predicted molar refractivity (Wildman–Crippen MR) is 110 cm³/mol. The van der Waals surface area contributed by atoms with Gasteiger partial charge in [-0.25, -0.2) is 0 Å². The van der Waals surface area contributed by atoms with Crippen LogP contribution in [0, 0.1) is 35.5 Å². The van der Waals surface area contributed by atoms with E-state index in [0.29, 0.717) is 0 Å². The Labute approximate surface area is 154 Å². The third kappa shape index (κ3) is 8.39. The molecule has 0 N–H and O–H groups in total. The monoisotopic (exact) mass is 336 g/mol. The molecule has 0 heterocycles. The highest BCUT2D eigenvalue weighted by Crippen LogP contribution is 2.44. The van der Waals surface area contributed by atoms with E-state index in [9.17, 15) is 0 Å². The van der Waals surface area contributed by atoms with Crippen molar-refractivity contribution in [2.45, 2.75) is 119 Å². The van der Waals surface area contributed by atoms with Crippen molar-refractivity contribution < 1.29 is 0 Å². The smallest absolute Gasteiger partial charge is 0.0381 e. The van der Waals surface area contributed by atoms with Crippen LogP contribution >= 0.6 is 0 Å². The molecule has 0 bridgehead atoms. The van der Waals surface area contributed by atoms with E-state index in [-0.39, 0.29) is 0 Å². The van der Waals surface area contributed by atoms with Crippen LogP contribution in [-0.4, -0.2) is 0 Å². The Morgan fingerprint density at radius 3 is 2.04 bits per heavy atom. The molecule has 0 aromatic heterocycles. The first-order valence-corrected chi connectivity index (χ1v) is 11.5. The Hall–Kier alpha value is 0. The first-order chi connectivity index (χ1) is 11.5. The Morgan fingerprint density at radius 1 is 0.750 bits per heavy atom. The van der Waals surface area contributed by atoms with Crippen molar-refractivity contribution in [3.8, 4) is 0 Å². The fourth-order valence-corrected chi connectivity index (χ4v) is 4.55. The second kappa shape index (κ2) is 12.4. The fourth-order valence-electron chi connectivity index (χ4n) is 4.55. The van der Waals surface area contributed by atoms with E-state index in [1.807, 2.05) is 0 Å². The van der Waals surface area contributed by atoms with Gasteiger partial charge in [-0.1, -0.05) is 106 Å². The molecule has 4 unspecified atom stereocenters. The summed E-state index contributed by atoms with van der Waals surface area (Å²) in [5.41, 5.74) is 0. The molecule has 1 rings (SSSR count). The van der Waals surface area contributed by atoms with Gasteiger partial charge in [-0.05, 0) is 48.3 Å². The van der Waals surface area contributed by atoms with Crippen LogP contribution in [0.25, 0.3) is 0 Å². The summed E-state index contributed by atoms with van der Waals surface area (Å²) in [5.74, 6) is 5.92.